The quantitative estimate of drug-likeness (QED) is 0.412. The van der Waals surface area contributed by atoms with Crippen molar-refractivity contribution in [3.63, 3.8) is 0 Å². The largest absolute Gasteiger partial charge is 0.488 e. The average Bonchev–Trinajstić information content (AvgIpc) is 2.80. The number of hydrogen-bond acceptors (Lipinski definition) is 5. The van der Waals surface area contributed by atoms with E-state index in [1.54, 1.807) is 19.1 Å². The van der Waals surface area contributed by atoms with Gasteiger partial charge in [-0.2, -0.15) is 13.2 Å². The predicted octanol–water partition coefficient (Wildman–Crippen LogP) is 5.53. The van der Waals surface area contributed by atoms with E-state index in [0.717, 1.165) is 36.5 Å². The van der Waals surface area contributed by atoms with Gasteiger partial charge in [0.15, 0.2) is 5.78 Å². The topological polar surface area (TPSA) is 55.8 Å². The molecule has 2 aromatic rings. The third-order valence-electron chi connectivity index (χ3n) is 7.27. The summed E-state index contributed by atoms with van der Waals surface area (Å²) in [5, 5.41) is 0. The third-order valence-corrected chi connectivity index (χ3v) is 7.27. The predicted molar refractivity (Wildman–Crippen MR) is 121 cm³/mol. The Morgan fingerprint density at radius 1 is 1.17 bits per heavy atom. The van der Waals surface area contributed by atoms with E-state index >= 15 is 0 Å². The molecule has 1 spiro atoms. The van der Waals surface area contributed by atoms with Gasteiger partial charge in [-0.25, -0.2) is 4.79 Å². The summed E-state index contributed by atoms with van der Waals surface area (Å²) in [5.41, 5.74) is 0.791. The molecule has 2 aromatic carbocycles. The number of carbonyl (C=O) groups excluding carboxylic acids is 2. The van der Waals surface area contributed by atoms with Gasteiger partial charge in [-0.15, -0.1) is 0 Å². The molecule has 0 amide bonds. The molecule has 5 nitrogen and oxygen atoms in total. The van der Waals surface area contributed by atoms with Crippen molar-refractivity contribution in [2.45, 2.75) is 63.4 Å². The van der Waals surface area contributed by atoms with Crippen LogP contribution in [0.15, 0.2) is 54.2 Å². The van der Waals surface area contributed by atoms with Gasteiger partial charge in [-0.1, -0.05) is 30.3 Å². The normalized spacial score (nSPS) is 20.5. The highest BCUT2D eigenvalue weighted by atomic mass is 19.4. The number of alkyl halides is 3. The molecule has 2 heterocycles. The molecule has 0 aromatic heterocycles. The van der Waals surface area contributed by atoms with Gasteiger partial charge in [0.2, 0.25) is 0 Å². The number of hydrogen-bond donors (Lipinski definition) is 0. The van der Waals surface area contributed by atoms with Crippen LogP contribution < -0.4 is 4.74 Å². The molecule has 0 bridgehead atoms. The minimum absolute atomic E-state index is 0.0214. The number of carbonyl (C=O) groups is 2. The molecule has 1 fully saturated rings. The van der Waals surface area contributed by atoms with E-state index in [-0.39, 0.29) is 36.5 Å². The van der Waals surface area contributed by atoms with Crippen molar-refractivity contribution in [3.05, 3.63) is 76.5 Å². The molecule has 1 atom stereocenters. The molecule has 5 rings (SSSR count). The summed E-state index contributed by atoms with van der Waals surface area (Å²) in [6, 6.07) is 11.1. The summed E-state index contributed by atoms with van der Waals surface area (Å²) in [7, 11) is 0. The minimum Gasteiger partial charge on any atom is -0.488 e. The number of benzene rings is 2. The van der Waals surface area contributed by atoms with Crippen LogP contribution in [-0.2, 0) is 33.5 Å². The van der Waals surface area contributed by atoms with Crippen LogP contribution >= 0.6 is 0 Å². The van der Waals surface area contributed by atoms with Crippen molar-refractivity contribution in [2.24, 2.45) is 0 Å². The molecule has 0 radical (unpaired) electrons. The first-order valence-corrected chi connectivity index (χ1v) is 11.8. The first-order valence-electron chi connectivity index (χ1n) is 11.8. The number of ether oxygens (including phenoxy) is 2. The van der Waals surface area contributed by atoms with Crippen molar-refractivity contribution in [2.75, 3.05) is 6.61 Å². The third kappa shape index (κ3) is 4.19. The molecule has 1 saturated carbocycles. The molecular weight excluding hydrogens is 459 g/mol. The summed E-state index contributed by atoms with van der Waals surface area (Å²) >= 11 is 0. The average molecular weight is 486 g/mol. The Morgan fingerprint density at radius 3 is 2.54 bits per heavy atom. The van der Waals surface area contributed by atoms with Crippen LogP contribution in [0.3, 0.4) is 0 Å². The maximum atomic E-state index is 14.1. The molecule has 3 aliphatic rings. The number of rotatable bonds is 5. The lowest BCUT2D eigenvalue weighted by Gasteiger charge is -2.58. The Kier molecular flexibility index (Phi) is 5.85. The second-order valence-electron chi connectivity index (χ2n) is 9.39. The van der Waals surface area contributed by atoms with Crippen molar-refractivity contribution in [3.8, 4) is 5.75 Å². The maximum absolute atomic E-state index is 14.1. The minimum atomic E-state index is -4.62. The fourth-order valence-electron chi connectivity index (χ4n) is 5.43. The smallest absolute Gasteiger partial charge is 0.419 e. The number of nitrogens with zero attached hydrogens (tertiary/aromatic N) is 1. The first-order chi connectivity index (χ1) is 16.7. The number of esters is 1. The van der Waals surface area contributed by atoms with Gasteiger partial charge in [0.1, 0.15) is 17.9 Å². The maximum Gasteiger partial charge on any atom is 0.419 e. The molecule has 0 N–H and O–H groups in total. The van der Waals surface area contributed by atoms with E-state index in [9.17, 15) is 22.8 Å². The zero-order valence-electron chi connectivity index (χ0n) is 19.4. The fraction of sp³-hybridized carbons (Fsp3) is 0.407. The van der Waals surface area contributed by atoms with E-state index in [2.05, 4.69) is 0 Å². The van der Waals surface area contributed by atoms with Crippen LogP contribution in [0.4, 0.5) is 13.2 Å². The lowest BCUT2D eigenvalue weighted by atomic mass is 9.65. The van der Waals surface area contributed by atoms with Gasteiger partial charge in [0, 0.05) is 18.2 Å². The van der Waals surface area contributed by atoms with Crippen molar-refractivity contribution >= 4 is 11.8 Å². The Bertz CT molecular complexity index is 1180. The summed E-state index contributed by atoms with van der Waals surface area (Å²) in [6.45, 7) is 1.82. The highest BCUT2D eigenvalue weighted by Gasteiger charge is 2.52. The van der Waals surface area contributed by atoms with E-state index in [1.807, 2.05) is 23.1 Å². The van der Waals surface area contributed by atoms with Gasteiger partial charge < -0.3 is 14.4 Å². The monoisotopic (exact) mass is 485 g/mol. The molecule has 2 aliphatic heterocycles. The van der Waals surface area contributed by atoms with Gasteiger partial charge in [0.05, 0.1) is 18.2 Å². The number of ketones is 1. The second kappa shape index (κ2) is 8.73. The van der Waals surface area contributed by atoms with Crippen LogP contribution in [0.5, 0.6) is 5.75 Å². The molecule has 0 saturated heterocycles. The van der Waals surface area contributed by atoms with Gasteiger partial charge in [-0.3, -0.25) is 4.79 Å². The standard InChI is InChI=1S/C27H26F3NO4/c1-2-34-25(33)20-15-31-22(13-23(20)32)19-12-21(27(28,29)30)24(35-16-17-7-4-3-5-8-17)11-18(19)14-26(31)9-6-10-26/h3-5,7-8,11-12,15,22H,2,6,9-10,13-14,16H2,1H3. The number of Topliss-reactive ketones (excluding diaryl/α,β-unsaturated/α-hetero) is 1. The molecule has 35 heavy (non-hydrogen) atoms. The highest BCUT2D eigenvalue weighted by molar-refractivity contribution is 6.17. The van der Waals surface area contributed by atoms with Gasteiger partial charge in [-0.05, 0) is 61.4 Å². The first kappa shape index (κ1) is 23.5. The van der Waals surface area contributed by atoms with Gasteiger partial charge in [0.25, 0.3) is 0 Å². The Balaban J connectivity index is 1.56. The summed E-state index contributed by atoms with van der Waals surface area (Å²) in [5.74, 6) is -1.30. The summed E-state index contributed by atoms with van der Waals surface area (Å²) in [4.78, 5) is 27.2. The Labute approximate surface area is 201 Å². The van der Waals surface area contributed by atoms with E-state index in [0.29, 0.717) is 12.0 Å². The molecule has 1 aliphatic carbocycles. The second-order valence-corrected chi connectivity index (χ2v) is 9.39. The Hall–Kier alpha value is -3.29. The summed E-state index contributed by atoms with van der Waals surface area (Å²) < 4.78 is 53.0. The lowest BCUT2D eigenvalue weighted by molar-refractivity contribution is -0.141. The van der Waals surface area contributed by atoms with E-state index < -0.39 is 29.5 Å². The molecule has 8 heteroatoms. The van der Waals surface area contributed by atoms with E-state index in [4.69, 9.17) is 9.47 Å². The van der Waals surface area contributed by atoms with E-state index in [1.165, 1.54) is 12.3 Å². The van der Waals surface area contributed by atoms with Gasteiger partial charge >= 0.3 is 12.1 Å². The van der Waals surface area contributed by atoms with Crippen molar-refractivity contribution in [1.29, 1.82) is 0 Å². The fourth-order valence-corrected chi connectivity index (χ4v) is 5.43. The molecular formula is C27H26F3NO4. The molecule has 184 valence electrons. The zero-order chi connectivity index (χ0) is 24.8. The number of halogens is 3. The van der Waals surface area contributed by atoms with Crippen LogP contribution in [0.25, 0.3) is 0 Å². The SMILES string of the molecule is CCOC(=O)C1=CN2C(CC1=O)c1cc(C(F)(F)F)c(OCc3ccccc3)cc1CC21CCC1. The molecule has 1 unspecified atom stereocenters. The Morgan fingerprint density at radius 2 is 1.91 bits per heavy atom. The van der Waals surface area contributed by atoms with Crippen molar-refractivity contribution < 1.29 is 32.2 Å². The lowest BCUT2D eigenvalue weighted by Crippen LogP contribution is -2.58. The van der Waals surface area contributed by atoms with Crippen LogP contribution in [-0.4, -0.2) is 28.8 Å². The van der Waals surface area contributed by atoms with Crippen LogP contribution in [0, 0.1) is 0 Å². The highest BCUT2D eigenvalue weighted by Crippen LogP contribution is 2.53. The van der Waals surface area contributed by atoms with Crippen molar-refractivity contribution in [1.82, 2.24) is 4.90 Å². The summed E-state index contributed by atoms with van der Waals surface area (Å²) in [6.07, 6.45) is 0.0230. The van der Waals surface area contributed by atoms with Crippen LogP contribution in [0.1, 0.15) is 60.9 Å². The zero-order valence-corrected chi connectivity index (χ0v) is 19.4. The number of fused-ring (bicyclic) bond motifs is 4. The van der Waals surface area contributed by atoms with Crippen LogP contribution in [0.2, 0.25) is 0 Å².